The lowest BCUT2D eigenvalue weighted by atomic mass is 10.0. The van der Waals surface area contributed by atoms with Gasteiger partial charge in [0.25, 0.3) is 0 Å². The van der Waals surface area contributed by atoms with Crippen molar-refractivity contribution in [1.82, 2.24) is 14.1 Å². The smallest absolute Gasteiger partial charge is 0.244 e. The fourth-order valence-corrected chi connectivity index (χ4v) is 5.24. The van der Waals surface area contributed by atoms with E-state index in [9.17, 15) is 13.2 Å². The molecule has 0 bridgehead atoms. The molecule has 29 heavy (non-hydrogen) atoms. The van der Waals surface area contributed by atoms with Crippen LogP contribution in [0.15, 0.2) is 65.6 Å². The molecule has 0 aromatic heterocycles. The van der Waals surface area contributed by atoms with Crippen LogP contribution in [-0.2, 0) is 14.8 Å². The summed E-state index contributed by atoms with van der Waals surface area (Å²) in [5, 5.41) is 0. The van der Waals surface area contributed by atoms with Gasteiger partial charge in [0.1, 0.15) is 6.04 Å². The number of carbonyl (C=O) groups excluding carboxylic acids is 1. The summed E-state index contributed by atoms with van der Waals surface area (Å²) in [4.78, 5) is 17.5. The Hall–Kier alpha value is -2.22. The van der Waals surface area contributed by atoms with Crippen LogP contribution in [0.2, 0.25) is 0 Å². The Morgan fingerprint density at radius 3 is 1.93 bits per heavy atom. The lowest BCUT2D eigenvalue weighted by molar-refractivity contribution is -0.137. The summed E-state index contributed by atoms with van der Waals surface area (Å²) in [5.74, 6) is 0.0700. The Kier molecular flexibility index (Phi) is 7.05. The fraction of sp³-hybridized carbons (Fsp3) is 0.409. The van der Waals surface area contributed by atoms with E-state index in [1.807, 2.05) is 49.1 Å². The van der Waals surface area contributed by atoms with Crippen molar-refractivity contribution in [2.45, 2.75) is 24.8 Å². The monoisotopic (exact) mass is 415 g/mol. The largest absolute Gasteiger partial charge is 0.342 e. The van der Waals surface area contributed by atoms with Crippen molar-refractivity contribution in [2.75, 3.05) is 39.3 Å². The van der Waals surface area contributed by atoms with Crippen LogP contribution in [0.1, 0.15) is 25.5 Å². The minimum atomic E-state index is -3.51. The zero-order valence-corrected chi connectivity index (χ0v) is 17.9. The maximum Gasteiger partial charge on any atom is 0.244 e. The maximum atomic E-state index is 13.3. The number of hydrogen-bond acceptors (Lipinski definition) is 4. The van der Waals surface area contributed by atoms with Crippen LogP contribution in [0.4, 0.5) is 0 Å². The van der Waals surface area contributed by atoms with Crippen LogP contribution in [0.5, 0.6) is 0 Å². The molecule has 2 aromatic carbocycles. The van der Waals surface area contributed by atoms with Crippen LogP contribution in [-0.4, -0.2) is 67.7 Å². The van der Waals surface area contributed by atoms with Crippen LogP contribution < -0.4 is 0 Å². The molecule has 1 heterocycles. The van der Waals surface area contributed by atoms with Gasteiger partial charge in [0.05, 0.1) is 4.90 Å². The minimum Gasteiger partial charge on any atom is -0.342 e. The molecular weight excluding hydrogens is 386 g/mol. The van der Waals surface area contributed by atoms with Crippen LogP contribution in [0, 0.1) is 0 Å². The van der Waals surface area contributed by atoms with Gasteiger partial charge in [0.2, 0.25) is 15.9 Å². The second-order valence-electron chi connectivity index (χ2n) is 7.08. The lowest BCUT2D eigenvalue weighted by Gasteiger charge is -2.39. The molecule has 1 saturated heterocycles. The van der Waals surface area contributed by atoms with Gasteiger partial charge in [-0.25, -0.2) is 8.42 Å². The quantitative estimate of drug-likeness (QED) is 0.697. The Morgan fingerprint density at radius 1 is 0.897 bits per heavy atom. The number of amides is 1. The van der Waals surface area contributed by atoms with Gasteiger partial charge in [-0.3, -0.25) is 9.69 Å². The molecule has 0 aliphatic carbocycles. The predicted octanol–water partition coefficient (Wildman–Crippen LogP) is 2.60. The number of benzene rings is 2. The van der Waals surface area contributed by atoms with Crippen molar-refractivity contribution in [3.05, 3.63) is 66.2 Å². The number of carbonyl (C=O) groups is 1. The Bertz CT molecular complexity index is 891. The number of hydrogen-bond donors (Lipinski definition) is 0. The highest BCUT2D eigenvalue weighted by atomic mass is 32.2. The SMILES string of the molecule is CCN(CC)C(=O)C(c1ccccc1)N1CCN(S(=O)(=O)c2ccccc2)CC1. The molecule has 3 rings (SSSR count). The van der Waals surface area contributed by atoms with E-state index in [0.717, 1.165) is 5.56 Å². The lowest BCUT2D eigenvalue weighted by Crippen LogP contribution is -2.52. The summed E-state index contributed by atoms with van der Waals surface area (Å²) in [7, 11) is -3.51. The fourth-order valence-electron chi connectivity index (χ4n) is 3.80. The van der Waals surface area contributed by atoms with E-state index in [1.54, 1.807) is 30.3 Å². The van der Waals surface area contributed by atoms with Crippen molar-refractivity contribution >= 4 is 15.9 Å². The van der Waals surface area contributed by atoms with Gasteiger partial charge in [-0.2, -0.15) is 4.31 Å². The molecule has 0 spiro atoms. The van der Waals surface area contributed by atoms with Gasteiger partial charge >= 0.3 is 0 Å². The molecule has 1 unspecified atom stereocenters. The predicted molar refractivity (Wildman–Crippen MR) is 114 cm³/mol. The Labute approximate surface area is 173 Å². The maximum absolute atomic E-state index is 13.3. The normalized spacial score (nSPS) is 17.0. The molecule has 0 saturated carbocycles. The molecule has 1 aliphatic heterocycles. The first kappa shape index (κ1) is 21.5. The molecule has 2 aromatic rings. The van der Waals surface area contributed by atoms with E-state index >= 15 is 0 Å². The zero-order valence-electron chi connectivity index (χ0n) is 17.1. The summed E-state index contributed by atoms with van der Waals surface area (Å²) in [6.07, 6.45) is 0. The average molecular weight is 416 g/mol. The number of piperazine rings is 1. The van der Waals surface area contributed by atoms with Crippen molar-refractivity contribution in [1.29, 1.82) is 0 Å². The third-order valence-electron chi connectivity index (χ3n) is 5.44. The minimum absolute atomic E-state index is 0.0700. The van der Waals surface area contributed by atoms with Gasteiger partial charge in [-0.15, -0.1) is 0 Å². The first-order valence-corrected chi connectivity index (χ1v) is 11.6. The van der Waals surface area contributed by atoms with E-state index in [2.05, 4.69) is 4.90 Å². The van der Waals surface area contributed by atoms with Crippen LogP contribution in [0.25, 0.3) is 0 Å². The zero-order chi connectivity index (χ0) is 20.9. The van der Waals surface area contributed by atoms with E-state index in [4.69, 9.17) is 0 Å². The summed E-state index contributed by atoms with van der Waals surface area (Å²) in [5.41, 5.74) is 0.948. The number of rotatable bonds is 7. The van der Waals surface area contributed by atoms with Gasteiger partial charge < -0.3 is 4.90 Å². The van der Waals surface area contributed by atoms with Crippen molar-refractivity contribution in [2.24, 2.45) is 0 Å². The molecular formula is C22H29N3O3S. The van der Waals surface area contributed by atoms with E-state index in [1.165, 1.54) is 4.31 Å². The summed E-state index contributed by atoms with van der Waals surface area (Å²) in [6.45, 7) is 7.03. The van der Waals surface area contributed by atoms with E-state index < -0.39 is 16.1 Å². The summed E-state index contributed by atoms with van der Waals surface area (Å²) >= 11 is 0. The third-order valence-corrected chi connectivity index (χ3v) is 7.36. The summed E-state index contributed by atoms with van der Waals surface area (Å²) < 4.78 is 27.3. The molecule has 1 fully saturated rings. The highest BCUT2D eigenvalue weighted by molar-refractivity contribution is 7.89. The highest BCUT2D eigenvalue weighted by Crippen LogP contribution is 2.26. The molecule has 6 nitrogen and oxygen atoms in total. The third kappa shape index (κ3) is 4.69. The van der Waals surface area contributed by atoms with Crippen molar-refractivity contribution < 1.29 is 13.2 Å². The standard InChI is InChI=1S/C22H29N3O3S/c1-3-23(4-2)22(26)21(19-11-7-5-8-12-19)24-15-17-25(18-16-24)29(27,28)20-13-9-6-10-14-20/h5-14,21H,3-4,15-18H2,1-2H3. The molecule has 7 heteroatoms. The van der Waals surface area contributed by atoms with Gasteiger partial charge in [-0.05, 0) is 31.5 Å². The molecule has 1 aliphatic rings. The van der Waals surface area contributed by atoms with Gasteiger partial charge in [0, 0.05) is 39.3 Å². The number of likely N-dealkylation sites (N-methyl/N-ethyl adjacent to an activating group) is 1. The topological polar surface area (TPSA) is 60.9 Å². The van der Waals surface area contributed by atoms with E-state index in [-0.39, 0.29) is 5.91 Å². The molecule has 0 radical (unpaired) electrons. The van der Waals surface area contributed by atoms with Crippen molar-refractivity contribution in [3.63, 3.8) is 0 Å². The Balaban J connectivity index is 1.79. The second-order valence-corrected chi connectivity index (χ2v) is 9.01. The first-order chi connectivity index (χ1) is 14.0. The van der Waals surface area contributed by atoms with Gasteiger partial charge in [0.15, 0.2) is 0 Å². The molecule has 1 atom stereocenters. The molecule has 1 amide bonds. The molecule has 156 valence electrons. The number of sulfonamides is 1. The second kappa shape index (κ2) is 9.52. The molecule has 0 N–H and O–H groups in total. The average Bonchev–Trinajstić information content (AvgIpc) is 2.76. The van der Waals surface area contributed by atoms with Gasteiger partial charge in [-0.1, -0.05) is 48.5 Å². The van der Waals surface area contributed by atoms with Crippen LogP contribution >= 0.6 is 0 Å². The first-order valence-electron chi connectivity index (χ1n) is 10.1. The van der Waals surface area contributed by atoms with Crippen LogP contribution in [0.3, 0.4) is 0 Å². The Morgan fingerprint density at radius 2 is 1.41 bits per heavy atom. The highest BCUT2D eigenvalue weighted by Gasteiger charge is 2.35. The summed E-state index contributed by atoms with van der Waals surface area (Å²) in [6, 6.07) is 17.9. The van der Waals surface area contributed by atoms with Crippen molar-refractivity contribution in [3.8, 4) is 0 Å². The van der Waals surface area contributed by atoms with E-state index in [0.29, 0.717) is 44.2 Å². The number of nitrogens with zero attached hydrogens (tertiary/aromatic N) is 3.